The van der Waals surface area contributed by atoms with Crippen molar-refractivity contribution in [1.29, 1.82) is 0 Å². The lowest BCUT2D eigenvalue weighted by Gasteiger charge is -2.26. The van der Waals surface area contributed by atoms with Crippen molar-refractivity contribution in [2.24, 2.45) is 4.99 Å². The predicted octanol–water partition coefficient (Wildman–Crippen LogP) is 3.88. The molecule has 0 bridgehead atoms. The molecule has 188 valence electrons. The number of benzene rings is 1. The number of hydrogen-bond donors (Lipinski definition) is 1. The Kier molecular flexibility index (Phi) is 7.49. The standard InChI is InChI=1S/C20H23ClF3N3O5S2/c1-19(2,3)32-18(29)25-7-6-16(28)26-17-27(14-9-34(30,31)10-15(14)33-17)13-8-11(20(22,23)24)4-5-12(13)21/h4-5,8,14-15H,6-7,9-10H2,1-3H3,(H,25,29)/t14-,15+/m0/s1. The van der Waals surface area contributed by atoms with Gasteiger partial charge in [0.05, 0.1) is 33.8 Å². The van der Waals surface area contributed by atoms with Gasteiger partial charge in [0.1, 0.15) is 5.60 Å². The van der Waals surface area contributed by atoms with Gasteiger partial charge in [-0.3, -0.25) is 4.79 Å². The second-order valence-corrected chi connectivity index (χ2v) is 12.6. The van der Waals surface area contributed by atoms with Crippen LogP contribution in [0.15, 0.2) is 23.2 Å². The molecular weight excluding hydrogens is 519 g/mol. The minimum atomic E-state index is -4.65. The summed E-state index contributed by atoms with van der Waals surface area (Å²) in [6, 6.07) is 2.00. The topological polar surface area (TPSA) is 105 Å². The van der Waals surface area contributed by atoms with E-state index in [0.717, 1.165) is 30.0 Å². The fourth-order valence-electron chi connectivity index (χ4n) is 3.47. The number of nitrogens with one attached hydrogen (secondary N) is 1. The number of sulfone groups is 1. The van der Waals surface area contributed by atoms with Crippen LogP contribution < -0.4 is 10.2 Å². The molecule has 0 aliphatic carbocycles. The number of anilines is 1. The number of alkyl carbamates (subject to hydrolysis) is 1. The van der Waals surface area contributed by atoms with Crippen molar-refractivity contribution >= 4 is 56.1 Å². The number of hydrogen-bond acceptors (Lipinski definition) is 6. The zero-order chi connectivity index (χ0) is 25.5. The monoisotopic (exact) mass is 541 g/mol. The highest BCUT2D eigenvalue weighted by Crippen LogP contribution is 2.44. The van der Waals surface area contributed by atoms with E-state index in [1.54, 1.807) is 20.8 Å². The maximum Gasteiger partial charge on any atom is 0.416 e. The molecule has 3 rings (SSSR count). The van der Waals surface area contributed by atoms with E-state index in [1.165, 1.54) is 4.90 Å². The van der Waals surface area contributed by atoms with Crippen LogP contribution in [0.3, 0.4) is 0 Å². The first-order valence-corrected chi connectivity index (χ1v) is 13.2. The summed E-state index contributed by atoms with van der Waals surface area (Å²) in [5.41, 5.74) is -1.75. The molecule has 8 nitrogen and oxygen atoms in total. The van der Waals surface area contributed by atoms with E-state index >= 15 is 0 Å². The van der Waals surface area contributed by atoms with Crippen molar-refractivity contribution in [2.75, 3.05) is 23.0 Å². The Labute approximate surface area is 204 Å². The molecule has 2 fully saturated rings. The summed E-state index contributed by atoms with van der Waals surface area (Å²) in [5.74, 6) is -1.14. The van der Waals surface area contributed by atoms with Crippen LogP contribution in [0.2, 0.25) is 5.02 Å². The number of halogens is 4. The number of carbonyl (C=O) groups is 2. The highest BCUT2D eigenvalue weighted by Gasteiger charge is 2.50. The number of ether oxygens (including phenoxy) is 1. The van der Waals surface area contributed by atoms with Crippen molar-refractivity contribution in [3.05, 3.63) is 28.8 Å². The molecule has 2 aliphatic heterocycles. The van der Waals surface area contributed by atoms with E-state index < -0.39 is 50.5 Å². The largest absolute Gasteiger partial charge is 0.444 e. The Morgan fingerprint density at radius 2 is 1.94 bits per heavy atom. The first kappa shape index (κ1) is 26.6. The second kappa shape index (κ2) is 9.57. The van der Waals surface area contributed by atoms with Gasteiger partial charge >= 0.3 is 12.3 Å². The number of fused-ring (bicyclic) bond motifs is 1. The fourth-order valence-corrected chi connectivity index (χ4v) is 7.60. The molecule has 0 radical (unpaired) electrons. The molecule has 0 unspecified atom stereocenters. The van der Waals surface area contributed by atoms with Gasteiger partial charge in [-0.25, -0.2) is 13.2 Å². The van der Waals surface area contributed by atoms with Crippen LogP contribution in [-0.4, -0.2) is 60.5 Å². The van der Waals surface area contributed by atoms with E-state index in [1.807, 2.05) is 0 Å². The summed E-state index contributed by atoms with van der Waals surface area (Å²) in [6.45, 7) is 4.99. The zero-order valence-electron chi connectivity index (χ0n) is 18.5. The van der Waals surface area contributed by atoms with Crippen molar-refractivity contribution in [3.8, 4) is 0 Å². The molecule has 0 aromatic heterocycles. The fraction of sp³-hybridized carbons (Fsp3) is 0.550. The normalized spacial score (nSPS) is 23.1. The molecule has 1 aromatic rings. The lowest BCUT2D eigenvalue weighted by Crippen LogP contribution is -2.38. The SMILES string of the molecule is CC(C)(C)OC(=O)NCCC(=O)N=C1S[C@@H]2CS(=O)(=O)C[C@@H]2N1c1cc(C(F)(F)F)ccc1Cl. The smallest absolute Gasteiger partial charge is 0.416 e. The molecular formula is C20H23ClF3N3O5S2. The van der Waals surface area contributed by atoms with Gasteiger partial charge in [-0.05, 0) is 39.0 Å². The number of amides is 2. The summed E-state index contributed by atoms with van der Waals surface area (Å²) in [5, 5.41) is 1.94. The van der Waals surface area contributed by atoms with Gasteiger partial charge in [0, 0.05) is 18.2 Å². The molecule has 1 aromatic carbocycles. The number of alkyl halides is 3. The summed E-state index contributed by atoms with van der Waals surface area (Å²) < 4.78 is 69.3. The first-order valence-electron chi connectivity index (χ1n) is 10.2. The molecule has 0 spiro atoms. The maximum atomic E-state index is 13.3. The van der Waals surface area contributed by atoms with Crippen molar-refractivity contribution in [2.45, 2.75) is 50.3 Å². The van der Waals surface area contributed by atoms with E-state index in [4.69, 9.17) is 16.3 Å². The number of rotatable bonds is 4. The zero-order valence-corrected chi connectivity index (χ0v) is 20.9. The highest BCUT2D eigenvalue weighted by molar-refractivity contribution is 8.16. The van der Waals surface area contributed by atoms with Gasteiger partial charge in [-0.1, -0.05) is 23.4 Å². The Hall–Kier alpha value is -1.99. The quantitative estimate of drug-likeness (QED) is 0.617. The number of amidine groups is 1. The predicted molar refractivity (Wildman–Crippen MR) is 124 cm³/mol. The van der Waals surface area contributed by atoms with E-state index in [-0.39, 0.29) is 40.3 Å². The van der Waals surface area contributed by atoms with Gasteiger partial charge in [0.25, 0.3) is 0 Å². The minimum Gasteiger partial charge on any atom is -0.444 e. The number of carbonyl (C=O) groups excluding carboxylic acids is 2. The minimum absolute atomic E-state index is 0.0368. The van der Waals surface area contributed by atoms with Crippen molar-refractivity contribution < 1.29 is 35.9 Å². The van der Waals surface area contributed by atoms with Crippen molar-refractivity contribution in [3.63, 3.8) is 0 Å². The first-order chi connectivity index (χ1) is 15.6. The number of aliphatic imine (C=N–C) groups is 1. The highest BCUT2D eigenvalue weighted by atomic mass is 35.5. The third-order valence-corrected chi connectivity index (χ3v) is 8.36. The molecule has 14 heteroatoms. The second-order valence-electron chi connectivity index (χ2n) is 8.80. The molecule has 2 atom stereocenters. The van der Waals surface area contributed by atoms with Crippen LogP contribution in [0, 0.1) is 0 Å². The van der Waals surface area contributed by atoms with Gasteiger partial charge in [-0.15, -0.1) is 0 Å². The number of nitrogens with zero attached hydrogens (tertiary/aromatic N) is 2. The Morgan fingerprint density at radius 1 is 1.26 bits per heavy atom. The van der Waals surface area contributed by atoms with Crippen LogP contribution in [0.1, 0.15) is 32.8 Å². The van der Waals surface area contributed by atoms with E-state index in [0.29, 0.717) is 0 Å². The van der Waals surface area contributed by atoms with E-state index in [2.05, 4.69) is 10.3 Å². The molecule has 2 amide bonds. The van der Waals surface area contributed by atoms with Crippen LogP contribution in [0.25, 0.3) is 0 Å². The van der Waals surface area contributed by atoms with Crippen molar-refractivity contribution in [1.82, 2.24) is 5.32 Å². The van der Waals surface area contributed by atoms with E-state index in [9.17, 15) is 31.2 Å². The average molecular weight is 542 g/mol. The summed E-state index contributed by atoms with van der Waals surface area (Å²) in [4.78, 5) is 29.5. The Morgan fingerprint density at radius 3 is 2.56 bits per heavy atom. The van der Waals surface area contributed by atoms with Gasteiger partial charge in [0.15, 0.2) is 15.0 Å². The van der Waals surface area contributed by atoms with Crippen LogP contribution in [0.4, 0.5) is 23.7 Å². The maximum absolute atomic E-state index is 13.3. The van der Waals surface area contributed by atoms with Crippen LogP contribution in [0.5, 0.6) is 0 Å². The molecule has 2 aliphatic rings. The average Bonchev–Trinajstić information content (AvgIpc) is 3.10. The lowest BCUT2D eigenvalue weighted by molar-refractivity contribution is -0.137. The lowest BCUT2D eigenvalue weighted by atomic mass is 10.1. The Bertz CT molecular complexity index is 1120. The third kappa shape index (κ3) is 6.57. The third-order valence-electron chi connectivity index (χ3n) is 4.83. The summed E-state index contributed by atoms with van der Waals surface area (Å²) >= 11 is 7.20. The van der Waals surface area contributed by atoms with Gasteiger partial charge < -0.3 is 15.0 Å². The van der Waals surface area contributed by atoms with Crippen LogP contribution in [-0.2, 0) is 25.5 Å². The summed E-state index contributed by atoms with van der Waals surface area (Å²) in [6.07, 6.45) is -5.55. The molecule has 2 heterocycles. The molecule has 0 saturated carbocycles. The molecule has 34 heavy (non-hydrogen) atoms. The molecule has 1 N–H and O–H groups in total. The van der Waals surface area contributed by atoms with Gasteiger partial charge in [-0.2, -0.15) is 18.2 Å². The Balaban J connectivity index is 1.83. The van der Waals surface area contributed by atoms with Gasteiger partial charge in [0.2, 0.25) is 5.91 Å². The number of thioether (sulfide) groups is 1. The van der Waals surface area contributed by atoms with Crippen LogP contribution >= 0.6 is 23.4 Å². The summed E-state index contributed by atoms with van der Waals surface area (Å²) in [7, 11) is -3.42. The molecule has 2 saturated heterocycles.